The van der Waals surface area contributed by atoms with E-state index in [2.05, 4.69) is 13.8 Å². The maximum absolute atomic E-state index is 12.3. The van der Waals surface area contributed by atoms with Crippen LogP contribution in [0.25, 0.3) is 0 Å². The molecule has 2 aliphatic heterocycles. The highest BCUT2D eigenvalue weighted by molar-refractivity contribution is 5.92. The third-order valence-corrected chi connectivity index (χ3v) is 10.4. The predicted octanol–water partition coefficient (Wildman–Crippen LogP) is 3.57. The number of rotatable bonds is 4. The average Bonchev–Trinajstić information content (AvgIpc) is 3.21. The Balaban J connectivity index is 1.42. The maximum atomic E-state index is 12.3. The molecular weight excluding hydrogens is 396 g/mol. The van der Waals surface area contributed by atoms with Crippen LogP contribution < -0.4 is 0 Å². The number of carbonyl (C=O) groups is 2. The van der Waals surface area contributed by atoms with Gasteiger partial charge in [0.05, 0.1) is 12.7 Å². The smallest absolute Gasteiger partial charge is 0.306 e. The van der Waals surface area contributed by atoms with Crippen LogP contribution in [0.5, 0.6) is 0 Å². The first kappa shape index (κ1) is 20.4. The molecule has 0 N–H and O–H groups in total. The van der Waals surface area contributed by atoms with Crippen LogP contribution in [0.2, 0.25) is 0 Å². The molecule has 8 atom stereocenters. The number of hydrogen-bond acceptors (Lipinski definition) is 6. The van der Waals surface area contributed by atoms with Gasteiger partial charge in [-0.1, -0.05) is 19.4 Å². The van der Waals surface area contributed by atoms with Crippen LogP contribution in [0.15, 0.2) is 11.6 Å². The summed E-state index contributed by atoms with van der Waals surface area (Å²) >= 11 is 0. The molecule has 3 saturated carbocycles. The van der Waals surface area contributed by atoms with E-state index in [0.717, 1.165) is 38.5 Å². The second kappa shape index (κ2) is 6.42. The van der Waals surface area contributed by atoms with Crippen LogP contribution in [-0.4, -0.2) is 49.6 Å². The zero-order valence-corrected chi connectivity index (χ0v) is 18.9. The van der Waals surface area contributed by atoms with Gasteiger partial charge >= 0.3 is 5.97 Å². The Morgan fingerprint density at radius 1 is 1.16 bits per heavy atom. The fourth-order valence-corrected chi connectivity index (χ4v) is 8.89. The minimum Gasteiger partial charge on any atom is -0.458 e. The summed E-state index contributed by atoms with van der Waals surface area (Å²) in [5.74, 6) is 1.27. The molecule has 31 heavy (non-hydrogen) atoms. The van der Waals surface area contributed by atoms with Crippen molar-refractivity contribution in [2.24, 2.45) is 28.6 Å². The highest BCUT2D eigenvalue weighted by Gasteiger charge is 2.82. The lowest BCUT2D eigenvalue weighted by Gasteiger charge is -2.59. The van der Waals surface area contributed by atoms with Crippen LogP contribution in [0.1, 0.15) is 65.2 Å². The molecule has 170 valence electrons. The largest absolute Gasteiger partial charge is 0.458 e. The van der Waals surface area contributed by atoms with Crippen molar-refractivity contribution in [3.05, 3.63) is 11.6 Å². The quantitative estimate of drug-likeness (QED) is 0.294. The summed E-state index contributed by atoms with van der Waals surface area (Å²) in [6, 6.07) is 0. The Morgan fingerprint density at radius 3 is 2.74 bits per heavy atom. The third-order valence-electron chi connectivity index (χ3n) is 10.4. The van der Waals surface area contributed by atoms with Gasteiger partial charge in [-0.05, 0) is 56.4 Å². The number of epoxide rings is 1. The van der Waals surface area contributed by atoms with Crippen molar-refractivity contribution in [1.82, 2.24) is 0 Å². The first-order valence-corrected chi connectivity index (χ1v) is 12.0. The molecule has 6 nitrogen and oxygen atoms in total. The van der Waals surface area contributed by atoms with Crippen molar-refractivity contribution < 1.29 is 28.5 Å². The topological polar surface area (TPSA) is 74.4 Å². The number of ether oxygens (including phenoxy) is 4. The molecule has 0 bridgehead atoms. The van der Waals surface area contributed by atoms with Crippen LogP contribution in [0.3, 0.4) is 0 Å². The standard InChI is InChI=1S/C25H34O6/c1-22-7-4-17(26)11-16(22)10-15(13-29-14-28-3)21-18-5-8-24(9-6-20(27)31-24)23(18,2)12-19-25(21,22)30-19/h11,15,18-19,21H,4-10,12-14H2,1-3H3/t15-,18?,19+,21?,22-,23-,24+,25+/m0/s1. The first-order valence-electron chi connectivity index (χ1n) is 12.0. The molecule has 2 heterocycles. The molecule has 2 spiro atoms. The second-order valence-electron chi connectivity index (χ2n) is 11.4. The lowest BCUT2D eigenvalue weighted by molar-refractivity contribution is -0.168. The van der Waals surface area contributed by atoms with Gasteiger partial charge in [-0.3, -0.25) is 9.59 Å². The van der Waals surface area contributed by atoms with Gasteiger partial charge in [0.2, 0.25) is 0 Å². The van der Waals surface area contributed by atoms with Crippen LogP contribution in [-0.2, 0) is 28.5 Å². The zero-order chi connectivity index (χ0) is 21.6. The van der Waals surface area contributed by atoms with Crippen LogP contribution >= 0.6 is 0 Å². The van der Waals surface area contributed by atoms with Gasteiger partial charge in [0.25, 0.3) is 0 Å². The Morgan fingerprint density at radius 2 is 2.00 bits per heavy atom. The molecule has 0 radical (unpaired) electrons. The van der Waals surface area contributed by atoms with Crippen molar-refractivity contribution in [2.45, 2.75) is 82.5 Å². The van der Waals surface area contributed by atoms with Gasteiger partial charge in [-0.15, -0.1) is 0 Å². The maximum Gasteiger partial charge on any atom is 0.306 e. The summed E-state index contributed by atoms with van der Waals surface area (Å²) in [4.78, 5) is 24.5. The zero-order valence-electron chi connectivity index (χ0n) is 18.9. The summed E-state index contributed by atoms with van der Waals surface area (Å²) in [7, 11) is 1.65. The Bertz CT molecular complexity index is 866. The van der Waals surface area contributed by atoms with E-state index < -0.39 is 0 Å². The molecule has 0 aromatic rings. The summed E-state index contributed by atoms with van der Waals surface area (Å²) < 4.78 is 23.9. The molecule has 6 rings (SSSR count). The van der Waals surface area contributed by atoms with Gasteiger partial charge in [-0.2, -0.15) is 0 Å². The van der Waals surface area contributed by atoms with Crippen molar-refractivity contribution in [3.63, 3.8) is 0 Å². The minimum absolute atomic E-state index is 0.0398. The SMILES string of the molecule is COCOC[C@@H]1CC2=CC(=O)CC[C@]2(C)[C@@]23O[C@@H]2C[C@@]2(C)C(CC[C@@]24CCC(=O)O4)C13. The third kappa shape index (κ3) is 2.39. The average molecular weight is 431 g/mol. The van der Waals surface area contributed by atoms with E-state index in [9.17, 15) is 9.59 Å². The van der Waals surface area contributed by atoms with E-state index in [1.54, 1.807) is 7.11 Å². The van der Waals surface area contributed by atoms with E-state index in [4.69, 9.17) is 18.9 Å². The Kier molecular flexibility index (Phi) is 4.22. The molecule has 2 saturated heterocycles. The number of esters is 1. The molecule has 0 aromatic heterocycles. The monoisotopic (exact) mass is 430 g/mol. The number of fused-ring (bicyclic) bond motifs is 4. The van der Waals surface area contributed by atoms with Crippen molar-refractivity contribution in [1.29, 1.82) is 0 Å². The van der Waals surface area contributed by atoms with Gasteiger partial charge in [0, 0.05) is 36.7 Å². The summed E-state index contributed by atoms with van der Waals surface area (Å²) in [5.41, 5.74) is 0.576. The number of ketones is 1. The van der Waals surface area contributed by atoms with Crippen molar-refractivity contribution in [2.75, 3.05) is 20.5 Å². The lowest BCUT2D eigenvalue weighted by atomic mass is 9.44. The summed E-state index contributed by atoms with van der Waals surface area (Å²) in [5, 5.41) is 0. The molecule has 2 unspecified atom stereocenters. The van der Waals surface area contributed by atoms with E-state index in [0.29, 0.717) is 31.3 Å². The van der Waals surface area contributed by atoms with E-state index >= 15 is 0 Å². The molecule has 6 aliphatic rings. The van der Waals surface area contributed by atoms with E-state index in [1.807, 2.05) is 6.08 Å². The Hall–Kier alpha value is -1.24. The lowest BCUT2D eigenvalue weighted by Crippen LogP contribution is -2.62. The molecule has 4 aliphatic carbocycles. The van der Waals surface area contributed by atoms with Gasteiger partial charge in [-0.25, -0.2) is 0 Å². The number of hydrogen-bond donors (Lipinski definition) is 0. The van der Waals surface area contributed by atoms with Crippen molar-refractivity contribution in [3.8, 4) is 0 Å². The second-order valence-corrected chi connectivity index (χ2v) is 11.4. The predicted molar refractivity (Wildman–Crippen MR) is 111 cm³/mol. The van der Waals surface area contributed by atoms with E-state index in [-0.39, 0.29) is 52.6 Å². The normalized spacial score (nSPS) is 52.2. The van der Waals surface area contributed by atoms with Gasteiger partial charge in [0.1, 0.15) is 18.0 Å². The minimum atomic E-state index is -0.329. The molecule has 6 heteroatoms. The van der Waals surface area contributed by atoms with E-state index in [1.165, 1.54) is 5.57 Å². The summed E-state index contributed by atoms with van der Waals surface area (Å²) in [6.07, 6.45) is 8.81. The highest BCUT2D eigenvalue weighted by Crippen LogP contribution is 2.78. The highest BCUT2D eigenvalue weighted by atomic mass is 16.7. The number of methoxy groups -OCH3 is 1. The van der Waals surface area contributed by atoms with Crippen molar-refractivity contribution >= 4 is 11.8 Å². The number of carbonyl (C=O) groups excluding carboxylic acids is 2. The van der Waals surface area contributed by atoms with Crippen LogP contribution in [0.4, 0.5) is 0 Å². The fraction of sp³-hybridized carbons (Fsp3) is 0.840. The molecule has 5 fully saturated rings. The Labute approximate surface area is 184 Å². The fourth-order valence-electron chi connectivity index (χ4n) is 8.89. The van der Waals surface area contributed by atoms with Gasteiger partial charge in [0.15, 0.2) is 5.78 Å². The molecule has 0 aromatic carbocycles. The first-order chi connectivity index (χ1) is 14.8. The molecular formula is C25H34O6. The van der Waals surface area contributed by atoms with Crippen LogP contribution in [0, 0.1) is 28.6 Å². The van der Waals surface area contributed by atoms with Gasteiger partial charge < -0.3 is 18.9 Å². The molecule has 0 amide bonds. The summed E-state index contributed by atoms with van der Waals surface area (Å²) in [6.45, 7) is 5.59.